The van der Waals surface area contributed by atoms with Crippen molar-refractivity contribution < 1.29 is 4.39 Å². The maximum Gasteiger partial charge on any atom is 0.194 e. The van der Waals surface area contributed by atoms with Gasteiger partial charge in [-0.3, -0.25) is 4.99 Å². The highest BCUT2D eigenvalue weighted by atomic mass is 127. The van der Waals surface area contributed by atoms with E-state index in [0.717, 1.165) is 48.7 Å². The van der Waals surface area contributed by atoms with Gasteiger partial charge in [-0.05, 0) is 24.3 Å². The van der Waals surface area contributed by atoms with Crippen LogP contribution >= 0.6 is 35.3 Å². The van der Waals surface area contributed by atoms with Crippen LogP contribution in [-0.4, -0.2) is 63.2 Å². The summed E-state index contributed by atoms with van der Waals surface area (Å²) >= 11 is 1.64. The van der Waals surface area contributed by atoms with Gasteiger partial charge < -0.3 is 20.0 Å². The zero-order valence-corrected chi connectivity index (χ0v) is 19.0. The molecule has 1 aliphatic heterocycles. The monoisotopic (exact) mass is 504 g/mol. The summed E-state index contributed by atoms with van der Waals surface area (Å²) in [6.45, 7) is 4.17. The number of nitrogens with one attached hydrogen (secondary N) is 1. The van der Waals surface area contributed by atoms with E-state index < -0.39 is 0 Å². The number of guanidine groups is 1. The summed E-state index contributed by atoms with van der Waals surface area (Å²) < 4.78 is 13.1. The first-order chi connectivity index (χ1) is 12.6. The van der Waals surface area contributed by atoms with Crippen LogP contribution in [0.15, 0.2) is 34.6 Å². The molecular weight excluding hydrogens is 478 g/mol. The average Bonchev–Trinajstić information content (AvgIpc) is 3.13. The smallest absolute Gasteiger partial charge is 0.194 e. The molecule has 1 aromatic heterocycles. The van der Waals surface area contributed by atoms with E-state index in [1.165, 1.54) is 12.1 Å². The first-order valence-corrected chi connectivity index (χ1v) is 9.52. The molecule has 0 amide bonds. The van der Waals surface area contributed by atoms with Crippen molar-refractivity contribution in [2.24, 2.45) is 4.99 Å². The summed E-state index contributed by atoms with van der Waals surface area (Å²) in [5.74, 6) is 0.694. The minimum absolute atomic E-state index is 0. The standard InChI is InChI=1S/C18H25FN6S.HI/c1-20-17(21-12-15-13-26-18(22-15)23(2)3)25-10-8-24(9-11-25)16-6-4-14(19)5-7-16;/h4-7,13H,8-12H2,1-3H3,(H,20,21);1H. The van der Waals surface area contributed by atoms with Crippen LogP contribution in [0.5, 0.6) is 0 Å². The molecule has 6 nitrogen and oxygen atoms in total. The number of hydrogen-bond donors (Lipinski definition) is 1. The molecule has 1 aromatic carbocycles. The van der Waals surface area contributed by atoms with Crippen molar-refractivity contribution in [1.29, 1.82) is 0 Å². The van der Waals surface area contributed by atoms with Gasteiger partial charge in [-0.15, -0.1) is 35.3 Å². The van der Waals surface area contributed by atoms with Crippen LogP contribution in [0.3, 0.4) is 0 Å². The number of halogens is 2. The largest absolute Gasteiger partial charge is 0.368 e. The number of rotatable bonds is 4. The van der Waals surface area contributed by atoms with E-state index in [2.05, 4.69) is 30.5 Å². The molecule has 1 aliphatic rings. The molecule has 2 heterocycles. The van der Waals surface area contributed by atoms with E-state index >= 15 is 0 Å². The molecule has 0 unspecified atom stereocenters. The Balaban J connectivity index is 0.00000261. The summed E-state index contributed by atoms with van der Waals surface area (Å²) in [6.07, 6.45) is 0. The highest BCUT2D eigenvalue weighted by Gasteiger charge is 2.20. The van der Waals surface area contributed by atoms with Gasteiger partial charge >= 0.3 is 0 Å². The van der Waals surface area contributed by atoms with Gasteiger partial charge in [0.15, 0.2) is 11.1 Å². The zero-order valence-electron chi connectivity index (χ0n) is 15.9. The zero-order chi connectivity index (χ0) is 18.5. The molecule has 1 N–H and O–H groups in total. The van der Waals surface area contributed by atoms with Crippen LogP contribution in [0.2, 0.25) is 0 Å². The predicted molar refractivity (Wildman–Crippen MR) is 122 cm³/mol. The molecular formula is C18H26FIN6S. The molecule has 3 rings (SSSR count). The van der Waals surface area contributed by atoms with Crippen LogP contribution in [0.4, 0.5) is 15.2 Å². The lowest BCUT2D eigenvalue weighted by Gasteiger charge is -2.37. The Bertz CT molecular complexity index is 741. The van der Waals surface area contributed by atoms with Crippen molar-refractivity contribution in [3.05, 3.63) is 41.2 Å². The van der Waals surface area contributed by atoms with E-state index in [9.17, 15) is 4.39 Å². The van der Waals surface area contributed by atoms with Crippen LogP contribution in [0.1, 0.15) is 5.69 Å². The molecule has 0 bridgehead atoms. The fourth-order valence-electron chi connectivity index (χ4n) is 2.91. The van der Waals surface area contributed by atoms with Gasteiger partial charge in [0.25, 0.3) is 0 Å². The molecule has 148 valence electrons. The van der Waals surface area contributed by atoms with Crippen molar-refractivity contribution >= 4 is 52.1 Å². The maximum atomic E-state index is 13.1. The number of thiazole rings is 1. The third kappa shape index (κ3) is 5.68. The van der Waals surface area contributed by atoms with Gasteiger partial charge in [0.05, 0.1) is 12.2 Å². The lowest BCUT2D eigenvalue weighted by molar-refractivity contribution is 0.372. The maximum absolute atomic E-state index is 13.1. The molecule has 0 radical (unpaired) electrons. The van der Waals surface area contributed by atoms with E-state index in [0.29, 0.717) is 6.54 Å². The minimum atomic E-state index is -0.198. The molecule has 1 fully saturated rings. The molecule has 1 saturated heterocycles. The van der Waals surface area contributed by atoms with Gasteiger partial charge in [-0.2, -0.15) is 0 Å². The lowest BCUT2D eigenvalue weighted by atomic mass is 10.2. The number of aromatic nitrogens is 1. The van der Waals surface area contributed by atoms with Crippen LogP contribution in [0, 0.1) is 5.82 Å². The summed E-state index contributed by atoms with van der Waals surface area (Å²) in [6, 6.07) is 6.70. The molecule has 0 spiro atoms. The second-order valence-electron chi connectivity index (χ2n) is 6.37. The molecule has 9 heteroatoms. The lowest BCUT2D eigenvalue weighted by Crippen LogP contribution is -2.52. The first kappa shape index (κ1) is 21.7. The SMILES string of the molecule is CN=C(NCc1csc(N(C)C)n1)N1CCN(c2ccc(F)cc2)CC1.I. The first-order valence-electron chi connectivity index (χ1n) is 8.64. The Hall–Kier alpha value is -1.62. The van der Waals surface area contributed by atoms with Crippen molar-refractivity contribution in [1.82, 2.24) is 15.2 Å². The van der Waals surface area contributed by atoms with Crippen molar-refractivity contribution in [3.63, 3.8) is 0 Å². The second kappa shape index (κ2) is 10.1. The van der Waals surface area contributed by atoms with Gasteiger partial charge in [-0.1, -0.05) is 0 Å². The summed E-state index contributed by atoms with van der Waals surface area (Å²) in [7, 11) is 5.80. The Morgan fingerprint density at radius 3 is 2.44 bits per heavy atom. The Kier molecular flexibility index (Phi) is 8.08. The number of nitrogens with zero attached hydrogens (tertiary/aromatic N) is 5. The van der Waals surface area contributed by atoms with Crippen LogP contribution in [-0.2, 0) is 6.54 Å². The van der Waals surface area contributed by atoms with E-state index in [4.69, 9.17) is 0 Å². The second-order valence-corrected chi connectivity index (χ2v) is 7.20. The fourth-order valence-corrected chi connectivity index (χ4v) is 3.67. The molecule has 2 aromatic rings. The number of hydrogen-bond acceptors (Lipinski definition) is 5. The minimum Gasteiger partial charge on any atom is -0.368 e. The third-order valence-corrected chi connectivity index (χ3v) is 5.39. The number of aliphatic imine (C=N–C) groups is 1. The third-order valence-electron chi connectivity index (χ3n) is 4.33. The highest BCUT2D eigenvalue weighted by Crippen LogP contribution is 2.18. The number of benzene rings is 1. The molecule has 27 heavy (non-hydrogen) atoms. The Morgan fingerprint density at radius 1 is 1.22 bits per heavy atom. The van der Waals surface area contributed by atoms with E-state index in [1.807, 2.05) is 31.1 Å². The Morgan fingerprint density at radius 2 is 1.89 bits per heavy atom. The van der Waals surface area contributed by atoms with Gasteiger partial charge in [0.2, 0.25) is 0 Å². The summed E-state index contributed by atoms with van der Waals surface area (Å²) in [4.78, 5) is 15.5. The summed E-state index contributed by atoms with van der Waals surface area (Å²) in [5.41, 5.74) is 2.08. The molecule has 0 atom stereocenters. The van der Waals surface area contributed by atoms with Crippen LogP contribution < -0.4 is 15.1 Å². The van der Waals surface area contributed by atoms with E-state index in [1.54, 1.807) is 18.4 Å². The fraction of sp³-hybridized carbons (Fsp3) is 0.444. The van der Waals surface area contributed by atoms with E-state index in [-0.39, 0.29) is 29.8 Å². The number of piperazine rings is 1. The average molecular weight is 504 g/mol. The van der Waals surface area contributed by atoms with Gasteiger partial charge in [-0.25, -0.2) is 9.37 Å². The summed E-state index contributed by atoms with van der Waals surface area (Å²) in [5, 5.41) is 6.48. The Labute approximate surface area is 181 Å². The predicted octanol–water partition coefficient (Wildman–Crippen LogP) is 2.86. The van der Waals surface area contributed by atoms with Gasteiger partial charge in [0.1, 0.15) is 5.82 Å². The van der Waals surface area contributed by atoms with Gasteiger partial charge in [0, 0.05) is 58.4 Å². The van der Waals surface area contributed by atoms with Crippen LogP contribution in [0.25, 0.3) is 0 Å². The normalized spacial score (nSPS) is 14.7. The highest BCUT2D eigenvalue weighted by molar-refractivity contribution is 14.0. The molecule has 0 aliphatic carbocycles. The topological polar surface area (TPSA) is 47.0 Å². The van der Waals surface area contributed by atoms with Crippen molar-refractivity contribution in [2.45, 2.75) is 6.54 Å². The van der Waals surface area contributed by atoms with Crippen molar-refractivity contribution in [3.8, 4) is 0 Å². The quantitative estimate of drug-likeness (QED) is 0.395. The number of anilines is 2. The van der Waals surface area contributed by atoms with Crippen molar-refractivity contribution in [2.75, 3.05) is 57.1 Å². The molecule has 0 saturated carbocycles.